The molecule has 0 spiro atoms. The van der Waals surface area contributed by atoms with Crippen LogP contribution in [0.2, 0.25) is 0 Å². The van der Waals surface area contributed by atoms with E-state index in [1.165, 1.54) is 13.2 Å². The molecule has 0 aliphatic carbocycles. The van der Waals surface area contributed by atoms with Crippen LogP contribution in [0.1, 0.15) is 10.4 Å². The number of rotatable bonds is 3. The third-order valence-electron chi connectivity index (χ3n) is 3.62. The van der Waals surface area contributed by atoms with Gasteiger partial charge in [0.15, 0.2) is 0 Å². The molecule has 114 valence electrons. The molecule has 3 rings (SSSR count). The van der Waals surface area contributed by atoms with Crippen molar-refractivity contribution in [3.63, 3.8) is 0 Å². The summed E-state index contributed by atoms with van der Waals surface area (Å²) in [6, 6.07) is 21.1. The van der Waals surface area contributed by atoms with Gasteiger partial charge in [-0.05, 0) is 28.8 Å². The maximum atomic E-state index is 11.9. The number of aromatic amines is 1. The number of methoxy groups -OCH3 is 1. The van der Waals surface area contributed by atoms with Crippen molar-refractivity contribution in [3.05, 3.63) is 82.6 Å². The fourth-order valence-electron chi connectivity index (χ4n) is 2.39. The first-order valence-corrected chi connectivity index (χ1v) is 7.16. The molecule has 4 nitrogen and oxygen atoms in total. The lowest BCUT2D eigenvalue weighted by atomic mass is 10.0. The molecule has 0 saturated carbocycles. The summed E-state index contributed by atoms with van der Waals surface area (Å²) >= 11 is 0. The Morgan fingerprint density at radius 1 is 0.826 bits per heavy atom. The van der Waals surface area contributed by atoms with Crippen LogP contribution >= 0.6 is 0 Å². The molecular weight excluding hydrogens is 290 g/mol. The van der Waals surface area contributed by atoms with Gasteiger partial charge in [-0.1, -0.05) is 54.6 Å². The van der Waals surface area contributed by atoms with E-state index in [9.17, 15) is 9.59 Å². The summed E-state index contributed by atoms with van der Waals surface area (Å²) in [5.41, 5.74) is 3.30. The van der Waals surface area contributed by atoms with E-state index in [0.717, 1.165) is 16.7 Å². The largest absolute Gasteiger partial charge is 0.465 e. The Kier molecular flexibility index (Phi) is 4.06. The van der Waals surface area contributed by atoms with Gasteiger partial charge in [0, 0.05) is 5.69 Å². The average molecular weight is 305 g/mol. The van der Waals surface area contributed by atoms with E-state index in [-0.39, 0.29) is 5.56 Å². The summed E-state index contributed by atoms with van der Waals surface area (Å²) in [6.45, 7) is 0. The van der Waals surface area contributed by atoms with Crippen molar-refractivity contribution in [2.45, 2.75) is 0 Å². The molecule has 1 N–H and O–H groups in total. The Balaban J connectivity index is 1.92. The number of esters is 1. The third kappa shape index (κ3) is 3.06. The molecule has 23 heavy (non-hydrogen) atoms. The molecule has 3 aromatic rings. The second-order valence-electron chi connectivity index (χ2n) is 5.05. The van der Waals surface area contributed by atoms with Crippen LogP contribution in [0.25, 0.3) is 22.4 Å². The van der Waals surface area contributed by atoms with Crippen LogP contribution in [0.5, 0.6) is 0 Å². The number of H-pyrrole nitrogens is 1. The molecule has 0 aliphatic rings. The molecule has 0 unspecified atom stereocenters. The molecule has 0 bridgehead atoms. The highest BCUT2D eigenvalue weighted by atomic mass is 16.5. The zero-order valence-electron chi connectivity index (χ0n) is 12.6. The molecule has 0 radical (unpaired) electrons. The van der Waals surface area contributed by atoms with Crippen molar-refractivity contribution in [1.29, 1.82) is 0 Å². The summed E-state index contributed by atoms with van der Waals surface area (Å²) < 4.78 is 4.57. The predicted molar refractivity (Wildman–Crippen MR) is 89.3 cm³/mol. The first kappa shape index (κ1) is 14.8. The molecule has 4 heteroatoms. The van der Waals surface area contributed by atoms with Crippen LogP contribution in [0.4, 0.5) is 0 Å². The number of hydrogen-bond donors (Lipinski definition) is 1. The molecular formula is C19H15NO3. The Morgan fingerprint density at radius 2 is 1.43 bits per heavy atom. The van der Waals surface area contributed by atoms with Crippen molar-refractivity contribution < 1.29 is 9.53 Å². The van der Waals surface area contributed by atoms with E-state index in [2.05, 4.69) is 9.72 Å². The first-order chi connectivity index (χ1) is 11.2. The van der Waals surface area contributed by atoms with Crippen molar-refractivity contribution in [3.8, 4) is 22.4 Å². The Bertz CT molecular complexity index is 880. The van der Waals surface area contributed by atoms with Crippen molar-refractivity contribution in [2.24, 2.45) is 0 Å². The van der Waals surface area contributed by atoms with Crippen molar-refractivity contribution in [1.82, 2.24) is 4.98 Å². The Labute approximate surface area is 133 Å². The number of ether oxygens (including phenoxy) is 1. The van der Waals surface area contributed by atoms with E-state index < -0.39 is 11.5 Å². The zero-order valence-corrected chi connectivity index (χ0v) is 12.6. The van der Waals surface area contributed by atoms with Crippen LogP contribution in [-0.2, 0) is 4.74 Å². The SMILES string of the molecule is COC(=O)c1ccc(-c2ccc(-c3ccccc3)cc2)[nH]c1=O. The number of carbonyl (C=O) groups is 1. The van der Waals surface area contributed by atoms with E-state index >= 15 is 0 Å². The molecule has 0 aliphatic heterocycles. The lowest BCUT2D eigenvalue weighted by molar-refractivity contribution is 0.0598. The van der Waals surface area contributed by atoms with Crippen LogP contribution in [0, 0.1) is 0 Å². The van der Waals surface area contributed by atoms with Gasteiger partial charge in [-0.2, -0.15) is 0 Å². The van der Waals surface area contributed by atoms with Gasteiger partial charge in [0.1, 0.15) is 5.56 Å². The van der Waals surface area contributed by atoms with Crippen LogP contribution in [-0.4, -0.2) is 18.1 Å². The lowest BCUT2D eigenvalue weighted by Crippen LogP contribution is -2.18. The maximum Gasteiger partial charge on any atom is 0.343 e. The minimum atomic E-state index is -0.641. The normalized spacial score (nSPS) is 10.3. The predicted octanol–water partition coefficient (Wildman–Crippen LogP) is 3.50. The molecule has 0 saturated heterocycles. The molecule has 0 amide bonds. The minimum absolute atomic E-state index is 0.00263. The maximum absolute atomic E-state index is 11.9. The second-order valence-corrected chi connectivity index (χ2v) is 5.05. The van der Waals surface area contributed by atoms with Crippen LogP contribution < -0.4 is 5.56 Å². The molecule has 2 aromatic carbocycles. The van der Waals surface area contributed by atoms with Crippen molar-refractivity contribution in [2.75, 3.05) is 7.11 Å². The van der Waals surface area contributed by atoms with E-state index in [4.69, 9.17) is 0 Å². The van der Waals surface area contributed by atoms with Gasteiger partial charge < -0.3 is 9.72 Å². The van der Waals surface area contributed by atoms with E-state index in [1.54, 1.807) is 6.07 Å². The van der Waals surface area contributed by atoms with Gasteiger partial charge in [-0.15, -0.1) is 0 Å². The van der Waals surface area contributed by atoms with Crippen LogP contribution in [0.15, 0.2) is 71.5 Å². The summed E-state index contributed by atoms with van der Waals surface area (Å²) in [5.74, 6) is -0.641. The highest BCUT2D eigenvalue weighted by Gasteiger charge is 2.11. The number of pyridine rings is 1. The molecule has 0 atom stereocenters. The number of benzene rings is 2. The van der Waals surface area contributed by atoms with E-state index in [0.29, 0.717) is 5.69 Å². The number of nitrogens with one attached hydrogen (secondary N) is 1. The third-order valence-corrected chi connectivity index (χ3v) is 3.62. The standard InChI is InChI=1S/C19H15NO3/c1-23-19(22)16-11-12-17(20-18(16)21)15-9-7-14(8-10-15)13-5-3-2-4-6-13/h2-12H,1H3,(H,20,21). The molecule has 1 heterocycles. The summed E-state index contributed by atoms with van der Waals surface area (Å²) in [4.78, 5) is 26.1. The quantitative estimate of drug-likeness (QED) is 0.753. The Hall–Kier alpha value is -3.14. The van der Waals surface area contributed by atoms with Crippen molar-refractivity contribution >= 4 is 5.97 Å². The number of aromatic nitrogens is 1. The second kappa shape index (κ2) is 6.32. The molecule has 1 aromatic heterocycles. The summed E-state index contributed by atoms with van der Waals surface area (Å²) in [7, 11) is 1.25. The van der Waals surface area contributed by atoms with Gasteiger partial charge in [0.05, 0.1) is 7.11 Å². The van der Waals surface area contributed by atoms with Gasteiger partial charge in [-0.3, -0.25) is 4.79 Å². The lowest BCUT2D eigenvalue weighted by Gasteiger charge is -2.06. The fourth-order valence-corrected chi connectivity index (χ4v) is 2.39. The van der Waals surface area contributed by atoms with Gasteiger partial charge in [-0.25, -0.2) is 4.79 Å². The monoisotopic (exact) mass is 305 g/mol. The summed E-state index contributed by atoms with van der Waals surface area (Å²) in [6.07, 6.45) is 0. The van der Waals surface area contributed by atoms with Gasteiger partial charge in [0.2, 0.25) is 0 Å². The van der Waals surface area contributed by atoms with Gasteiger partial charge in [0.25, 0.3) is 5.56 Å². The first-order valence-electron chi connectivity index (χ1n) is 7.16. The minimum Gasteiger partial charge on any atom is -0.465 e. The number of hydrogen-bond acceptors (Lipinski definition) is 3. The van der Waals surface area contributed by atoms with Gasteiger partial charge >= 0.3 is 5.97 Å². The highest BCUT2D eigenvalue weighted by Crippen LogP contribution is 2.23. The highest BCUT2D eigenvalue weighted by molar-refractivity contribution is 5.89. The average Bonchev–Trinajstić information content (AvgIpc) is 2.62. The number of carbonyl (C=O) groups excluding carboxylic acids is 1. The fraction of sp³-hybridized carbons (Fsp3) is 0.0526. The Morgan fingerprint density at radius 3 is 2.04 bits per heavy atom. The molecule has 0 fully saturated rings. The zero-order chi connectivity index (χ0) is 16.2. The topological polar surface area (TPSA) is 59.2 Å². The smallest absolute Gasteiger partial charge is 0.343 e. The summed E-state index contributed by atoms with van der Waals surface area (Å²) in [5, 5.41) is 0. The van der Waals surface area contributed by atoms with Crippen LogP contribution in [0.3, 0.4) is 0 Å². The van der Waals surface area contributed by atoms with E-state index in [1.807, 2.05) is 54.6 Å².